The molecule has 0 aliphatic carbocycles. The summed E-state index contributed by atoms with van der Waals surface area (Å²) in [6, 6.07) is 9.75. The van der Waals surface area contributed by atoms with Gasteiger partial charge in [-0.05, 0) is 11.5 Å². The van der Waals surface area contributed by atoms with Crippen LogP contribution in [0.1, 0.15) is 29.1 Å². The van der Waals surface area contributed by atoms with Gasteiger partial charge in [-0.3, -0.25) is 4.79 Å². The van der Waals surface area contributed by atoms with E-state index in [9.17, 15) is 4.79 Å². The molecule has 4 N–H and O–H groups in total. The first-order chi connectivity index (χ1) is 10.1. The van der Waals surface area contributed by atoms with Gasteiger partial charge in [0.1, 0.15) is 10.7 Å². The Morgan fingerprint density at radius 3 is 2.71 bits per heavy atom. The van der Waals surface area contributed by atoms with Gasteiger partial charge in [-0.25, -0.2) is 4.98 Å². The maximum Gasteiger partial charge on any atom is 0.265 e. The van der Waals surface area contributed by atoms with Crippen LogP contribution in [-0.2, 0) is 6.54 Å². The fourth-order valence-electron chi connectivity index (χ4n) is 1.72. The molecule has 0 atom stereocenters. The van der Waals surface area contributed by atoms with Crippen molar-refractivity contribution in [3.8, 4) is 0 Å². The number of hydrogen-bond donors (Lipinski definition) is 3. The van der Waals surface area contributed by atoms with Crippen LogP contribution in [0.4, 0.5) is 10.9 Å². The van der Waals surface area contributed by atoms with Crippen molar-refractivity contribution in [3.63, 3.8) is 0 Å². The molecule has 0 aliphatic heterocycles. The number of thiazole rings is 1. The van der Waals surface area contributed by atoms with Crippen molar-refractivity contribution in [2.24, 2.45) is 5.92 Å². The molecule has 21 heavy (non-hydrogen) atoms. The number of carbonyl (C=O) groups excluding carboxylic acids is 1. The van der Waals surface area contributed by atoms with E-state index in [4.69, 9.17) is 5.73 Å². The Hall–Kier alpha value is -2.08. The molecule has 0 aliphatic rings. The molecule has 112 valence electrons. The summed E-state index contributed by atoms with van der Waals surface area (Å²) in [4.78, 5) is 16.8. The molecular formula is C15H20N4OS. The van der Waals surface area contributed by atoms with E-state index in [-0.39, 0.29) is 11.7 Å². The Bertz CT molecular complexity index is 595. The normalized spacial score (nSPS) is 10.6. The van der Waals surface area contributed by atoms with Crippen LogP contribution in [-0.4, -0.2) is 17.4 Å². The third-order valence-electron chi connectivity index (χ3n) is 2.82. The van der Waals surface area contributed by atoms with Gasteiger partial charge >= 0.3 is 0 Å². The largest absolute Gasteiger partial charge is 0.382 e. The molecule has 2 rings (SSSR count). The quantitative estimate of drug-likeness (QED) is 0.766. The molecule has 1 amide bonds. The zero-order valence-electron chi connectivity index (χ0n) is 12.2. The number of nitrogens with two attached hydrogens (primary N) is 1. The van der Waals surface area contributed by atoms with Gasteiger partial charge in [0.05, 0.1) is 0 Å². The lowest BCUT2D eigenvalue weighted by atomic mass is 10.2. The minimum absolute atomic E-state index is 0.188. The second-order valence-corrected chi connectivity index (χ2v) is 6.18. The van der Waals surface area contributed by atoms with E-state index in [1.54, 1.807) is 0 Å². The second kappa shape index (κ2) is 7.08. The molecule has 2 aromatic rings. The summed E-state index contributed by atoms with van der Waals surface area (Å²) in [7, 11) is 0. The number of rotatable bonds is 6. The van der Waals surface area contributed by atoms with Gasteiger partial charge in [-0.1, -0.05) is 55.5 Å². The van der Waals surface area contributed by atoms with Gasteiger partial charge < -0.3 is 16.4 Å². The van der Waals surface area contributed by atoms with Crippen molar-refractivity contribution in [2.75, 3.05) is 17.6 Å². The molecule has 6 heteroatoms. The molecule has 1 aromatic carbocycles. The summed E-state index contributed by atoms with van der Waals surface area (Å²) < 4.78 is 0. The molecule has 0 spiro atoms. The van der Waals surface area contributed by atoms with E-state index in [0.29, 0.717) is 22.5 Å². The number of benzene rings is 1. The molecule has 0 bridgehead atoms. The van der Waals surface area contributed by atoms with Crippen molar-refractivity contribution in [1.82, 2.24) is 10.3 Å². The fraction of sp³-hybridized carbons (Fsp3) is 0.333. The fourth-order valence-corrected chi connectivity index (χ4v) is 2.53. The molecule has 0 saturated heterocycles. The molecule has 0 unspecified atom stereocenters. The summed E-state index contributed by atoms with van der Waals surface area (Å²) in [5, 5.41) is 6.73. The lowest BCUT2D eigenvalue weighted by molar-refractivity contribution is 0.0955. The number of nitrogens with one attached hydrogen (secondary N) is 2. The number of carbonyl (C=O) groups is 1. The number of aromatic nitrogens is 1. The standard InChI is InChI=1S/C15H20N4OS/c1-10(2)8-18-15-19-13(16)12(21-15)14(20)17-9-11-6-4-3-5-7-11/h3-7,10H,8-9,16H2,1-2H3,(H,17,20)(H,18,19). The smallest absolute Gasteiger partial charge is 0.265 e. The highest BCUT2D eigenvalue weighted by Gasteiger charge is 2.15. The SMILES string of the molecule is CC(C)CNc1nc(N)c(C(=O)NCc2ccccc2)s1. The van der Waals surface area contributed by atoms with Crippen molar-refractivity contribution in [1.29, 1.82) is 0 Å². The maximum absolute atomic E-state index is 12.1. The Morgan fingerprint density at radius 2 is 2.05 bits per heavy atom. The summed E-state index contributed by atoms with van der Waals surface area (Å²) >= 11 is 1.29. The average molecular weight is 304 g/mol. The molecule has 1 heterocycles. The zero-order chi connectivity index (χ0) is 15.2. The third-order valence-corrected chi connectivity index (χ3v) is 3.84. The number of anilines is 2. The van der Waals surface area contributed by atoms with Crippen LogP contribution in [0.3, 0.4) is 0 Å². The van der Waals surface area contributed by atoms with Gasteiger partial charge in [0.15, 0.2) is 5.13 Å². The van der Waals surface area contributed by atoms with Gasteiger partial charge in [0, 0.05) is 13.1 Å². The van der Waals surface area contributed by atoms with Crippen LogP contribution in [0, 0.1) is 5.92 Å². The number of hydrogen-bond acceptors (Lipinski definition) is 5. The molecule has 0 radical (unpaired) electrons. The highest BCUT2D eigenvalue weighted by molar-refractivity contribution is 7.18. The molecular weight excluding hydrogens is 284 g/mol. The predicted molar refractivity (Wildman–Crippen MR) is 87.5 cm³/mol. The third kappa shape index (κ3) is 4.46. The van der Waals surface area contributed by atoms with E-state index >= 15 is 0 Å². The minimum Gasteiger partial charge on any atom is -0.382 e. The van der Waals surface area contributed by atoms with Gasteiger partial charge in [-0.15, -0.1) is 0 Å². The van der Waals surface area contributed by atoms with Crippen LogP contribution in [0.5, 0.6) is 0 Å². The average Bonchev–Trinajstić information content (AvgIpc) is 2.85. The van der Waals surface area contributed by atoms with E-state index in [0.717, 1.165) is 12.1 Å². The highest BCUT2D eigenvalue weighted by atomic mass is 32.1. The molecule has 5 nitrogen and oxygen atoms in total. The zero-order valence-corrected chi connectivity index (χ0v) is 13.0. The number of nitrogen functional groups attached to an aromatic ring is 1. The van der Waals surface area contributed by atoms with Gasteiger partial charge in [0.2, 0.25) is 0 Å². The Kier molecular flexibility index (Phi) is 5.16. The summed E-state index contributed by atoms with van der Waals surface area (Å²) in [6.45, 7) is 5.50. The Labute approximate surface area is 128 Å². The number of amides is 1. The molecule has 1 aromatic heterocycles. The topological polar surface area (TPSA) is 80.0 Å². The van der Waals surface area contributed by atoms with E-state index in [1.165, 1.54) is 11.3 Å². The summed E-state index contributed by atoms with van der Waals surface area (Å²) in [5.74, 6) is 0.591. The first-order valence-corrected chi connectivity index (χ1v) is 7.70. The number of nitrogens with zero attached hydrogens (tertiary/aromatic N) is 1. The van der Waals surface area contributed by atoms with Crippen LogP contribution in [0.25, 0.3) is 0 Å². The summed E-state index contributed by atoms with van der Waals surface area (Å²) in [6.07, 6.45) is 0. The van der Waals surface area contributed by atoms with Crippen molar-refractivity contribution in [2.45, 2.75) is 20.4 Å². The predicted octanol–water partition coefficient (Wildman–Crippen LogP) is 2.72. The van der Waals surface area contributed by atoms with Crippen molar-refractivity contribution < 1.29 is 4.79 Å². The molecule has 0 fully saturated rings. The lowest BCUT2D eigenvalue weighted by Crippen LogP contribution is -2.22. The summed E-state index contributed by atoms with van der Waals surface area (Å²) in [5.41, 5.74) is 6.86. The maximum atomic E-state index is 12.1. The first-order valence-electron chi connectivity index (χ1n) is 6.88. The van der Waals surface area contributed by atoms with Crippen molar-refractivity contribution in [3.05, 3.63) is 40.8 Å². The van der Waals surface area contributed by atoms with Crippen LogP contribution >= 0.6 is 11.3 Å². The van der Waals surface area contributed by atoms with Gasteiger partial charge in [-0.2, -0.15) is 0 Å². The van der Waals surface area contributed by atoms with Crippen LogP contribution < -0.4 is 16.4 Å². The van der Waals surface area contributed by atoms with Crippen LogP contribution in [0.15, 0.2) is 30.3 Å². The Balaban J connectivity index is 1.96. The van der Waals surface area contributed by atoms with Crippen molar-refractivity contribution >= 4 is 28.2 Å². The van der Waals surface area contributed by atoms with E-state index in [2.05, 4.69) is 29.5 Å². The van der Waals surface area contributed by atoms with E-state index in [1.807, 2.05) is 30.3 Å². The van der Waals surface area contributed by atoms with Crippen LogP contribution in [0.2, 0.25) is 0 Å². The monoisotopic (exact) mass is 304 g/mol. The Morgan fingerprint density at radius 1 is 1.33 bits per heavy atom. The first kappa shape index (κ1) is 15.3. The van der Waals surface area contributed by atoms with E-state index < -0.39 is 0 Å². The second-order valence-electron chi connectivity index (χ2n) is 5.18. The highest BCUT2D eigenvalue weighted by Crippen LogP contribution is 2.25. The lowest BCUT2D eigenvalue weighted by Gasteiger charge is -2.04. The minimum atomic E-state index is -0.188. The van der Waals surface area contributed by atoms with Gasteiger partial charge in [0.25, 0.3) is 5.91 Å². The molecule has 0 saturated carbocycles.